The Kier molecular flexibility index (Phi) is 4.94. The van der Waals surface area contributed by atoms with E-state index < -0.39 is 0 Å². The zero-order valence-corrected chi connectivity index (χ0v) is 15.3. The standard InChI is InChI=1S/C16H24BrN3O/c1-7-20-14(16(17)10(3)19-20)8-13(18-6)15-9(2)11(4)21-12(15)5/h13,18H,7-8H2,1-6H3. The van der Waals surface area contributed by atoms with Crippen molar-refractivity contribution in [1.29, 1.82) is 0 Å². The highest BCUT2D eigenvalue weighted by molar-refractivity contribution is 9.10. The molecule has 5 heteroatoms. The van der Waals surface area contributed by atoms with E-state index in [-0.39, 0.29) is 6.04 Å². The van der Waals surface area contributed by atoms with E-state index in [0.29, 0.717) is 0 Å². The average molecular weight is 354 g/mol. The summed E-state index contributed by atoms with van der Waals surface area (Å²) in [5.41, 5.74) is 4.77. The van der Waals surface area contributed by atoms with Gasteiger partial charge in [-0.25, -0.2) is 0 Å². The number of aromatic nitrogens is 2. The van der Waals surface area contributed by atoms with Gasteiger partial charge in [0.05, 0.1) is 15.9 Å². The minimum absolute atomic E-state index is 0.222. The summed E-state index contributed by atoms with van der Waals surface area (Å²) < 4.78 is 8.97. The maximum atomic E-state index is 5.78. The van der Waals surface area contributed by atoms with Crippen LogP contribution < -0.4 is 5.32 Å². The first kappa shape index (κ1) is 16.3. The van der Waals surface area contributed by atoms with Gasteiger partial charge in [0, 0.05) is 24.6 Å². The van der Waals surface area contributed by atoms with E-state index in [1.165, 1.54) is 16.8 Å². The first-order valence-corrected chi connectivity index (χ1v) is 8.15. The molecule has 0 aliphatic carbocycles. The number of furan rings is 1. The van der Waals surface area contributed by atoms with Crippen molar-refractivity contribution < 1.29 is 4.42 Å². The van der Waals surface area contributed by atoms with Crippen molar-refractivity contribution in [3.05, 3.63) is 38.5 Å². The van der Waals surface area contributed by atoms with Crippen LogP contribution >= 0.6 is 15.9 Å². The van der Waals surface area contributed by atoms with Crippen molar-refractivity contribution in [1.82, 2.24) is 15.1 Å². The Labute approximate surface area is 135 Å². The van der Waals surface area contributed by atoms with Crippen molar-refractivity contribution in [3.8, 4) is 0 Å². The van der Waals surface area contributed by atoms with Crippen LogP contribution in [0.25, 0.3) is 0 Å². The number of nitrogens with zero attached hydrogens (tertiary/aromatic N) is 2. The lowest BCUT2D eigenvalue weighted by Crippen LogP contribution is -2.21. The minimum Gasteiger partial charge on any atom is -0.466 e. The van der Waals surface area contributed by atoms with Crippen molar-refractivity contribution in [2.45, 2.75) is 53.6 Å². The lowest BCUT2D eigenvalue weighted by Gasteiger charge is -2.18. The van der Waals surface area contributed by atoms with Gasteiger partial charge in [0.1, 0.15) is 11.5 Å². The third kappa shape index (κ3) is 2.94. The van der Waals surface area contributed by atoms with Crippen LogP contribution in [0, 0.1) is 27.7 Å². The number of likely N-dealkylation sites (N-methyl/N-ethyl adjacent to an activating group) is 1. The Balaban J connectivity index is 2.40. The van der Waals surface area contributed by atoms with Crippen LogP contribution in [0.4, 0.5) is 0 Å². The van der Waals surface area contributed by atoms with Crippen LogP contribution in [-0.2, 0) is 13.0 Å². The van der Waals surface area contributed by atoms with Gasteiger partial charge in [0.2, 0.25) is 0 Å². The van der Waals surface area contributed by atoms with Crippen molar-refractivity contribution in [2.24, 2.45) is 0 Å². The molecule has 0 aromatic carbocycles. The molecule has 0 spiro atoms. The molecule has 2 rings (SSSR count). The molecule has 1 N–H and O–H groups in total. The van der Waals surface area contributed by atoms with E-state index in [4.69, 9.17) is 4.42 Å². The van der Waals surface area contributed by atoms with Crippen LogP contribution in [0.3, 0.4) is 0 Å². The van der Waals surface area contributed by atoms with Gasteiger partial charge in [-0.1, -0.05) is 0 Å². The first-order chi connectivity index (χ1) is 9.90. The highest BCUT2D eigenvalue weighted by Gasteiger charge is 2.23. The van der Waals surface area contributed by atoms with Crippen molar-refractivity contribution in [3.63, 3.8) is 0 Å². The minimum atomic E-state index is 0.222. The second-order valence-corrected chi connectivity index (χ2v) is 6.25. The molecule has 116 valence electrons. The monoisotopic (exact) mass is 353 g/mol. The molecule has 21 heavy (non-hydrogen) atoms. The zero-order valence-electron chi connectivity index (χ0n) is 13.7. The summed E-state index contributed by atoms with van der Waals surface area (Å²) in [6.07, 6.45) is 0.881. The summed E-state index contributed by atoms with van der Waals surface area (Å²) in [6.45, 7) is 11.2. The highest BCUT2D eigenvalue weighted by Crippen LogP contribution is 2.31. The third-order valence-electron chi connectivity index (χ3n) is 4.16. The molecule has 2 aromatic heterocycles. The average Bonchev–Trinajstić information content (AvgIpc) is 2.86. The van der Waals surface area contributed by atoms with E-state index in [0.717, 1.165) is 34.7 Å². The first-order valence-electron chi connectivity index (χ1n) is 7.36. The topological polar surface area (TPSA) is 43.0 Å². The normalized spacial score (nSPS) is 12.9. The molecule has 2 heterocycles. The quantitative estimate of drug-likeness (QED) is 0.883. The van der Waals surface area contributed by atoms with Crippen molar-refractivity contribution >= 4 is 15.9 Å². The van der Waals surface area contributed by atoms with E-state index in [2.05, 4.69) is 44.9 Å². The predicted molar refractivity (Wildman–Crippen MR) is 88.8 cm³/mol. The van der Waals surface area contributed by atoms with Gasteiger partial charge in [0.15, 0.2) is 0 Å². The Morgan fingerprint density at radius 2 is 1.90 bits per heavy atom. The Morgan fingerprint density at radius 1 is 1.24 bits per heavy atom. The number of rotatable bonds is 5. The lowest BCUT2D eigenvalue weighted by atomic mass is 9.98. The molecule has 0 bridgehead atoms. The van der Waals surface area contributed by atoms with E-state index in [9.17, 15) is 0 Å². The largest absolute Gasteiger partial charge is 0.466 e. The van der Waals surface area contributed by atoms with E-state index >= 15 is 0 Å². The summed E-state index contributed by atoms with van der Waals surface area (Å²) in [5.74, 6) is 2.00. The smallest absolute Gasteiger partial charge is 0.106 e. The summed E-state index contributed by atoms with van der Waals surface area (Å²) in [5, 5.41) is 8.01. The second-order valence-electron chi connectivity index (χ2n) is 5.46. The molecule has 0 aliphatic rings. The second kappa shape index (κ2) is 6.36. The zero-order chi connectivity index (χ0) is 15.7. The molecule has 0 radical (unpaired) electrons. The highest BCUT2D eigenvalue weighted by atomic mass is 79.9. The van der Waals surface area contributed by atoms with Crippen LogP contribution in [-0.4, -0.2) is 16.8 Å². The fraction of sp³-hybridized carbons (Fsp3) is 0.562. The molecule has 0 saturated heterocycles. The number of halogens is 1. The van der Waals surface area contributed by atoms with Gasteiger partial charge >= 0.3 is 0 Å². The number of nitrogens with one attached hydrogen (secondary N) is 1. The maximum absolute atomic E-state index is 5.78. The molecular weight excluding hydrogens is 330 g/mol. The van der Waals surface area contributed by atoms with Crippen LogP contribution in [0.2, 0.25) is 0 Å². The molecule has 0 amide bonds. The number of aryl methyl sites for hydroxylation is 4. The summed E-state index contributed by atoms with van der Waals surface area (Å²) in [6, 6.07) is 0.222. The van der Waals surface area contributed by atoms with E-state index in [1.807, 2.05) is 27.8 Å². The summed E-state index contributed by atoms with van der Waals surface area (Å²) in [7, 11) is 2.00. The van der Waals surface area contributed by atoms with Gasteiger partial charge in [-0.05, 0) is 63.2 Å². The van der Waals surface area contributed by atoms with Gasteiger partial charge in [-0.3, -0.25) is 4.68 Å². The number of hydrogen-bond acceptors (Lipinski definition) is 3. The van der Waals surface area contributed by atoms with Crippen molar-refractivity contribution in [2.75, 3.05) is 7.05 Å². The Bertz CT molecular complexity index is 642. The molecule has 0 aliphatic heterocycles. The third-order valence-corrected chi connectivity index (χ3v) is 5.20. The fourth-order valence-corrected chi connectivity index (χ4v) is 3.37. The molecular formula is C16H24BrN3O. The molecule has 2 aromatic rings. The molecule has 1 unspecified atom stereocenters. The molecule has 0 saturated carbocycles. The molecule has 0 fully saturated rings. The summed E-state index contributed by atoms with van der Waals surface area (Å²) >= 11 is 3.68. The van der Waals surface area contributed by atoms with Gasteiger partial charge < -0.3 is 9.73 Å². The number of hydrogen-bond donors (Lipinski definition) is 1. The molecule has 1 atom stereocenters. The Hall–Kier alpha value is -1.07. The van der Waals surface area contributed by atoms with Gasteiger partial charge in [-0.15, -0.1) is 0 Å². The van der Waals surface area contributed by atoms with Gasteiger partial charge in [-0.2, -0.15) is 5.10 Å². The van der Waals surface area contributed by atoms with Crippen LogP contribution in [0.1, 0.15) is 47.0 Å². The maximum Gasteiger partial charge on any atom is 0.106 e. The van der Waals surface area contributed by atoms with Gasteiger partial charge in [0.25, 0.3) is 0 Å². The fourth-order valence-electron chi connectivity index (χ4n) is 2.93. The van der Waals surface area contributed by atoms with E-state index in [1.54, 1.807) is 0 Å². The molecule has 4 nitrogen and oxygen atoms in total. The predicted octanol–water partition coefficient (Wildman–Crippen LogP) is 4.00. The summed E-state index contributed by atoms with van der Waals surface area (Å²) in [4.78, 5) is 0. The SMILES string of the molecule is CCn1nc(C)c(Br)c1CC(NC)c1c(C)oc(C)c1C. The lowest BCUT2D eigenvalue weighted by molar-refractivity contribution is 0.485. The van der Waals surface area contributed by atoms with Crippen LogP contribution in [0.15, 0.2) is 8.89 Å². The Morgan fingerprint density at radius 3 is 2.38 bits per heavy atom. The van der Waals surface area contributed by atoms with Crippen LogP contribution in [0.5, 0.6) is 0 Å².